The normalized spacial score (nSPS) is 11.1. The van der Waals surface area contributed by atoms with Crippen LogP contribution in [0.25, 0.3) is 0 Å². The standard InChI is InChI=1S/C14H26N4S.HI/c1-4-15-14(16-8-5-6-10-19-3)17-11-13-7-9-18(2)12-13;/h7,9,12H,4-6,8,10-11H2,1-3H3,(H2,15,16,17);1H. The Morgan fingerprint density at radius 1 is 1.35 bits per heavy atom. The minimum Gasteiger partial charge on any atom is -0.357 e. The highest BCUT2D eigenvalue weighted by atomic mass is 127. The van der Waals surface area contributed by atoms with Crippen molar-refractivity contribution in [3.63, 3.8) is 0 Å². The van der Waals surface area contributed by atoms with E-state index in [1.807, 2.05) is 29.6 Å². The third-order valence-electron chi connectivity index (χ3n) is 2.72. The number of rotatable bonds is 8. The zero-order chi connectivity index (χ0) is 13.9. The first-order valence-corrected chi connectivity index (χ1v) is 8.27. The maximum atomic E-state index is 4.59. The highest BCUT2D eigenvalue weighted by Crippen LogP contribution is 2.01. The van der Waals surface area contributed by atoms with Crippen molar-refractivity contribution in [2.75, 3.05) is 25.1 Å². The summed E-state index contributed by atoms with van der Waals surface area (Å²) in [6.45, 7) is 4.70. The lowest BCUT2D eigenvalue weighted by atomic mass is 10.3. The van der Waals surface area contributed by atoms with E-state index in [-0.39, 0.29) is 24.0 Å². The molecule has 0 aliphatic heterocycles. The van der Waals surface area contributed by atoms with Crippen LogP contribution in [0.3, 0.4) is 0 Å². The van der Waals surface area contributed by atoms with Crippen molar-refractivity contribution < 1.29 is 0 Å². The number of hydrogen-bond acceptors (Lipinski definition) is 2. The predicted octanol–water partition coefficient (Wildman–Crippen LogP) is 2.84. The summed E-state index contributed by atoms with van der Waals surface area (Å²) in [7, 11) is 2.03. The lowest BCUT2D eigenvalue weighted by Crippen LogP contribution is -2.37. The SMILES string of the molecule is CCNC(=NCc1ccn(C)c1)NCCCCSC.I. The molecule has 0 saturated heterocycles. The Labute approximate surface area is 144 Å². The largest absolute Gasteiger partial charge is 0.357 e. The number of hydrogen-bond donors (Lipinski definition) is 2. The summed E-state index contributed by atoms with van der Waals surface area (Å²) < 4.78 is 2.05. The molecule has 2 N–H and O–H groups in total. The third kappa shape index (κ3) is 8.73. The monoisotopic (exact) mass is 410 g/mol. The van der Waals surface area contributed by atoms with Crippen LogP contribution in [0.4, 0.5) is 0 Å². The maximum absolute atomic E-state index is 4.59. The van der Waals surface area contributed by atoms with E-state index >= 15 is 0 Å². The summed E-state index contributed by atoms with van der Waals surface area (Å²) in [5.41, 5.74) is 1.24. The van der Waals surface area contributed by atoms with E-state index in [1.54, 1.807) is 0 Å². The fourth-order valence-electron chi connectivity index (χ4n) is 1.74. The molecule has 1 rings (SSSR count). The maximum Gasteiger partial charge on any atom is 0.191 e. The van der Waals surface area contributed by atoms with Gasteiger partial charge in [0.2, 0.25) is 0 Å². The second-order valence-corrected chi connectivity index (χ2v) is 5.49. The molecule has 1 aromatic rings. The van der Waals surface area contributed by atoms with E-state index in [9.17, 15) is 0 Å². The quantitative estimate of drug-likeness (QED) is 0.300. The van der Waals surface area contributed by atoms with Gasteiger partial charge in [-0.1, -0.05) is 0 Å². The van der Waals surface area contributed by atoms with Crippen LogP contribution in [0.2, 0.25) is 0 Å². The number of thioether (sulfide) groups is 1. The fraction of sp³-hybridized carbons (Fsp3) is 0.643. The number of halogens is 1. The van der Waals surface area contributed by atoms with Crippen molar-refractivity contribution in [1.82, 2.24) is 15.2 Å². The van der Waals surface area contributed by atoms with Gasteiger partial charge in [0.25, 0.3) is 0 Å². The van der Waals surface area contributed by atoms with Crippen molar-refractivity contribution in [3.05, 3.63) is 24.0 Å². The first-order chi connectivity index (χ1) is 9.26. The summed E-state index contributed by atoms with van der Waals surface area (Å²) in [6.07, 6.45) is 8.75. The van der Waals surface area contributed by atoms with E-state index in [0.29, 0.717) is 0 Å². The lowest BCUT2D eigenvalue weighted by molar-refractivity contribution is 0.734. The van der Waals surface area contributed by atoms with Gasteiger partial charge in [-0.25, -0.2) is 4.99 Å². The number of aliphatic imine (C=N–C) groups is 1. The van der Waals surface area contributed by atoms with Gasteiger partial charge in [0, 0.05) is 32.5 Å². The summed E-state index contributed by atoms with van der Waals surface area (Å²) >= 11 is 1.90. The number of guanidine groups is 1. The topological polar surface area (TPSA) is 41.4 Å². The van der Waals surface area contributed by atoms with E-state index in [2.05, 4.69) is 41.1 Å². The van der Waals surface area contributed by atoms with E-state index in [1.165, 1.54) is 24.2 Å². The zero-order valence-electron chi connectivity index (χ0n) is 12.7. The molecule has 0 bridgehead atoms. The van der Waals surface area contributed by atoms with E-state index in [4.69, 9.17) is 0 Å². The first-order valence-electron chi connectivity index (χ1n) is 6.88. The number of nitrogens with one attached hydrogen (secondary N) is 2. The second-order valence-electron chi connectivity index (χ2n) is 4.51. The highest BCUT2D eigenvalue weighted by molar-refractivity contribution is 14.0. The molecular formula is C14H27IN4S. The van der Waals surface area contributed by atoms with Crippen LogP contribution in [-0.2, 0) is 13.6 Å². The van der Waals surface area contributed by atoms with Gasteiger partial charge < -0.3 is 15.2 Å². The average Bonchev–Trinajstić information content (AvgIpc) is 2.81. The van der Waals surface area contributed by atoms with Crippen LogP contribution in [-0.4, -0.2) is 35.6 Å². The Morgan fingerprint density at radius 2 is 2.15 bits per heavy atom. The Kier molecular flexibility index (Phi) is 12.1. The molecule has 4 nitrogen and oxygen atoms in total. The van der Waals surface area contributed by atoms with Crippen molar-refractivity contribution in [2.45, 2.75) is 26.3 Å². The van der Waals surface area contributed by atoms with E-state index in [0.717, 1.165) is 25.6 Å². The van der Waals surface area contributed by atoms with Crippen LogP contribution in [0.15, 0.2) is 23.5 Å². The molecule has 6 heteroatoms. The van der Waals surface area contributed by atoms with Crippen LogP contribution in [0, 0.1) is 0 Å². The molecule has 0 atom stereocenters. The summed E-state index contributed by atoms with van der Waals surface area (Å²) in [5.74, 6) is 2.15. The molecule has 0 amide bonds. The van der Waals surface area contributed by atoms with Gasteiger partial charge in [-0.15, -0.1) is 24.0 Å². The van der Waals surface area contributed by atoms with Gasteiger partial charge in [-0.3, -0.25) is 0 Å². The van der Waals surface area contributed by atoms with E-state index < -0.39 is 0 Å². The minimum atomic E-state index is 0. The molecule has 0 spiro atoms. The molecule has 0 aromatic carbocycles. The van der Waals surface area contributed by atoms with Crippen molar-refractivity contribution in [2.24, 2.45) is 12.0 Å². The molecule has 116 valence electrons. The molecule has 0 aliphatic carbocycles. The number of nitrogens with zero attached hydrogens (tertiary/aromatic N) is 2. The second kappa shape index (κ2) is 12.4. The number of aromatic nitrogens is 1. The van der Waals surface area contributed by atoms with Gasteiger partial charge in [-0.05, 0) is 43.4 Å². The summed E-state index contributed by atoms with van der Waals surface area (Å²) in [4.78, 5) is 4.59. The molecule has 0 aliphatic rings. The smallest absolute Gasteiger partial charge is 0.191 e. The predicted molar refractivity (Wildman–Crippen MR) is 101 cm³/mol. The number of unbranched alkanes of at least 4 members (excludes halogenated alkanes) is 1. The number of aryl methyl sites for hydroxylation is 1. The molecular weight excluding hydrogens is 383 g/mol. The Morgan fingerprint density at radius 3 is 2.75 bits per heavy atom. The van der Waals surface area contributed by atoms with Crippen molar-refractivity contribution >= 4 is 41.7 Å². The molecule has 0 unspecified atom stereocenters. The first kappa shape index (κ1) is 19.6. The summed E-state index contributed by atoms with van der Waals surface area (Å²) in [6, 6.07) is 2.10. The average molecular weight is 410 g/mol. The van der Waals surface area contributed by atoms with Crippen LogP contribution < -0.4 is 10.6 Å². The Balaban J connectivity index is 0.00000361. The Hall–Kier alpha value is -0.370. The Bertz CT molecular complexity index is 379. The minimum absolute atomic E-state index is 0. The molecule has 0 radical (unpaired) electrons. The highest BCUT2D eigenvalue weighted by Gasteiger charge is 1.98. The molecule has 1 aromatic heterocycles. The molecule has 0 fully saturated rings. The summed E-state index contributed by atoms with van der Waals surface area (Å²) in [5, 5.41) is 6.66. The van der Waals surface area contributed by atoms with Gasteiger partial charge >= 0.3 is 0 Å². The third-order valence-corrected chi connectivity index (χ3v) is 3.42. The zero-order valence-corrected chi connectivity index (χ0v) is 15.8. The molecule has 20 heavy (non-hydrogen) atoms. The lowest BCUT2D eigenvalue weighted by Gasteiger charge is -2.10. The van der Waals surface area contributed by atoms with Crippen molar-refractivity contribution in [1.29, 1.82) is 0 Å². The van der Waals surface area contributed by atoms with Gasteiger partial charge in [-0.2, -0.15) is 11.8 Å². The van der Waals surface area contributed by atoms with Crippen LogP contribution in [0.5, 0.6) is 0 Å². The van der Waals surface area contributed by atoms with Gasteiger partial charge in [0.15, 0.2) is 5.96 Å². The van der Waals surface area contributed by atoms with Gasteiger partial charge in [0.05, 0.1) is 6.54 Å². The van der Waals surface area contributed by atoms with Crippen LogP contribution in [0.1, 0.15) is 25.3 Å². The van der Waals surface area contributed by atoms with Crippen LogP contribution >= 0.6 is 35.7 Å². The van der Waals surface area contributed by atoms with Gasteiger partial charge in [0.1, 0.15) is 0 Å². The fourth-order valence-corrected chi connectivity index (χ4v) is 2.24. The molecule has 1 heterocycles. The molecule has 0 saturated carbocycles. The van der Waals surface area contributed by atoms with Crippen molar-refractivity contribution in [3.8, 4) is 0 Å².